The number of benzene rings is 2. The topological polar surface area (TPSA) is 21.3 Å². The van der Waals surface area contributed by atoms with Crippen LogP contribution in [-0.2, 0) is 6.42 Å². The van der Waals surface area contributed by atoms with Gasteiger partial charge in [-0.05, 0) is 23.8 Å². The van der Waals surface area contributed by atoms with E-state index in [-0.39, 0.29) is 11.8 Å². The smallest absolute Gasteiger partial charge is 0.194 e. The summed E-state index contributed by atoms with van der Waals surface area (Å²) in [6.07, 6.45) is 0.476. The normalized spacial score (nSPS) is 16.5. The van der Waals surface area contributed by atoms with Gasteiger partial charge in [0, 0.05) is 29.3 Å². The number of nitrogens with one attached hydrogen (secondary N) is 1. The van der Waals surface area contributed by atoms with Gasteiger partial charge in [0.2, 0.25) is 0 Å². The van der Waals surface area contributed by atoms with Crippen molar-refractivity contribution in [2.24, 2.45) is 0 Å². The molecule has 110 valence electrons. The van der Waals surface area contributed by atoms with E-state index in [1.54, 1.807) is 12.1 Å². The van der Waals surface area contributed by atoms with Gasteiger partial charge in [-0.2, -0.15) is 0 Å². The van der Waals surface area contributed by atoms with Crippen LogP contribution in [0, 0.1) is 17.5 Å². The Morgan fingerprint density at radius 3 is 2.57 bits per heavy atom. The molecule has 0 saturated carbocycles. The molecule has 1 aliphatic rings. The molecule has 0 amide bonds. The standard InChI is InChI=1S/C15H11ClF3NO/c16-9-1-2-14-8(3-9)4-11(21-14)7-20-10-5-12(17)15(19)13(18)6-10/h1-3,5-6,11,20H,4,7H2. The van der Waals surface area contributed by atoms with Crippen LogP contribution in [0.4, 0.5) is 18.9 Å². The minimum atomic E-state index is -1.47. The lowest BCUT2D eigenvalue weighted by Crippen LogP contribution is -2.24. The quantitative estimate of drug-likeness (QED) is 0.859. The molecule has 2 aromatic rings. The third-order valence-electron chi connectivity index (χ3n) is 3.28. The number of anilines is 1. The van der Waals surface area contributed by atoms with E-state index in [4.69, 9.17) is 16.3 Å². The number of fused-ring (bicyclic) bond motifs is 1. The highest BCUT2D eigenvalue weighted by Crippen LogP contribution is 2.31. The Labute approximate surface area is 124 Å². The lowest BCUT2D eigenvalue weighted by Gasteiger charge is -2.13. The van der Waals surface area contributed by atoms with Crippen molar-refractivity contribution in [3.05, 3.63) is 58.4 Å². The molecule has 21 heavy (non-hydrogen) atoms. The van der Waals surface area contributed by atoms with E-state index in [2.05, 4.69) is 5.32 Å². The largest absolute Gasteiger partial charge is 0.488 e. The summed E-state index contributed by atoms with van der Waals surface area (Å²) in [5.74, 6) is -3.16. The average Bonchev–Trinajstić information content (AvgIpc) is 2.84. The lowest BCUT2D eigenvalue weighted by atomic mass is 10.1. The van der Waals surface area contributed by atoms with Crippen molar-refractivity contribution >= 4 is 17.3 Å². The first-order valence-electron chi connectivity index (χ1n) is 6.36. The molecule has 1 N–H and O–H groups in total. The summed E-state index contributed by atoms with van der Waals surface area (Å²) in [5, 5.41) is 3.47. The predicted octanol–water partition coefficient (Wildman–Crippen LogP) is 4.17. The van der Waals surface area contributed by atoms with Crippen LogP contribution in [-0.4, -0.2) is 12.6 Å². The Morgan fingerprint density at radius 1 is 1.14 bits per heavy atom. The Kier molecular flexibility index (Phi) is 3.68. The summed E-state index contributed by atoms with van der Waals surface area (Å²) in [4.78, 5) is 0. The Hall–Kier alpha value is -1.88. The van der Waals surface area contributed by atoms with Crippen LogP contribution < -0.4 is 10.1 Å². The Bertz CT molecular complexity index is 670. The van der Waals surface area contributed by atoms with Crippen molar-refractivity contribution in [2.45, 2.75) is 12.5 Å². The van der Waals surface area contributed by atoms with Gasteiger partial charge < -0.3 is 10.1 Å². The van der Waals surface area contributed by atoms with Crippen molar-refractivity contribution < 1.29 is 17.9 Å². The number of hydrogen-bond donors (Lipinski definition) is 1. The molecule has 1 heterocycles. The molecule has 2 aromatic carbocycles. The number of rotatable bonds is 3. The van der Waals surface area contributed by atoms with Gasteiger partial charge in [0.25, 0.3) is 0 Å². The molecule has 0 bridgehead atoms. The van der Waals surface area contributed by atoms with E-state index in [0.29, 0.717) is 18.0 Å². The van der Waals surface area contributed by atoms with E-state index in [1.165, 1.54) is 0 Å². The van der Waals surface area contributed by atoms with Crippen molar-refractivity contribution in [1.82, 2.24) is 0 Å². The van der Waals surface area contributed by atoms with Crippen LogP contribution in [0.2, 0.25) is 5.02 Å². The molecule has 0 spiro atoms. The summed E-state index contributed by atoms with van der Waals surface area (Å²) < 4.78 is 44.7. The molecule has 6 heteroatoms. The molecular formula is C15H11ClF3NO. The molecule has 0 fully saturated rings. The van der Waals surface area contributed by atoms with E-state index in [9.17, 15) is 13.2 Å². The van der Waals surface area contributed by atoms with Gasteiger partial charge in [-0.3, -0.25) is 0 Å². The Balaban J connectivity index is 1.65. The fraction of sp³-hybridized carbons (Fsp3) is 0.200. The second-order valence-electron chi connectivity index (χ2n) is 4.83. The zero-order valence-corrected chi connectivity index (χ0v) is 11.6. The first-order valence-corrected chi connectivity index (χ1v) is 6.74. The summed E-state index contributed by atoms with van der Waals surface area (Å²) in [5.41, 5.74) is 1.16. The maximum Gasteiger partial charge on any atom is 0.194 e. The molecule has 1 aliphatic heterocycles. The van der Waals surface area contributed by atoms with Crippen molar-refractivity contribution in [2.75, 3.05) is 11.9 Å². The highest BCUT2D eigenvalue weighted by molar-refractivity contribution is 6.30. The highest BCUT2D eigenvalue weighted by Gasteiger charge is 2.23. The summed E-state index contributed by atoms with van der Waals surface area (Å²) >= 11 is 5.90. The fourth-order valence-electron chi connectivity index (χ4n) is 2.29. The molecule has 0 aliphatic carbocycles. The molecule has 3 rings (SSSR count). The lowest BCUT2D eigenvalue weighted by molar-refractivity contribution is 0.246. The first-order chi connectivity index (χ1) is 10.0. The highest BCUT2D eigenvalue weighted by atomic mass is 35.5. The van der Waals surface area contributed by atoms with Crippen LogP contribution in [0.1, 0.15) is 5.56 Å². The van der Waals surface area contributed by atoms with Crippen LogP contribution >= 0.6 is 11.6 Å². The summed E-state index contributed by atoms with van der Waals surface area (Å²) in [6, 6.07) is 7.18. The monoisotopic (exact) mass is 313 g/mol. The summed E-state index contributed by atoms with van der Waals surface area (Å²) in [6.45, 7) is 0.344. The predicted molar refractivity (Wildman–Crippen MR) is 74.4 cm³/mol. The molecule has 0 saturated heterocycles. The molecule has 1 atom stereocenters. The van der Waals surface area contributed by atoms with E-state index < -0.39 is 17.5 Å². The zero-order valence-electron chi connectivity index (χ0n) is 10.8. The number of hydrogen-bond acceptors (Lipinski definition) is 2. The van der Waals surface area contributed by atoms with Gasteiger partial charge in [-0.25, -0.2) is 13.2 Å². The average molecular weight is 314 g/mol. The fourth-order valence-corrected chi connectivity index (χ4v) is 2.49. The third-order valence-corrected chi connectivity index (χ3v) is 3.52. The van der Waals surface area contributed by atoms with Gasteiger partial charge >= 0.3 is 0 Å². The first kappa shape index (κ1) is 14.1. The molecular weight excluding hydrogens is 303 g/mol. The SMILES string of the molecule is Fc1cc(NCC2Cc3cc(Cl)ccc3O2)cc(F)c1F. The molecule has 0 radical (unpaired) electrons. The number of ether oxygens (including phenoxy) is 1. The van der Waals surface area contributed by atoms with Gasteiger partial charge in [0.15, 0.2) is 17.5 Å². The zero-order chi connectivity index (χ0) is 15.0. The van der Waals surface area contributed by atoms with Gasteiger partial charge in [0.1, 0.15) is 11.9 Å². The van der Waals surface area contributed by atoms with Gasteiger partial charge in [-0.15, -0.1) is 0 Å². The Morgan fingerprint density at radius 2 is 1.86 bits per heavy atom. The van der Waals surface area contributed by atoms with E-state index in [1.807, 2.05) is 6.07 Å². The van der Waals surface area contributed by atoms with Crippen molar-refractivity contribution in [3.8, 4) is 5.75 Å². The van der Waals surface area contributed by atoms with Crippen LogP contribution in [0.25, 0.3) is 0 Å². The van der Waals surface area contributed by atoms with Crippen LogP contribution in [0.15, 0.2) is 30.3 Å². The second-order valence-corrected chi connectivity index (χ2v) is 5.27. The van der Waals surface area contributed by atoms with Gasteiger partial charge in [-0.1, -0.05) is 11.6 Å². The maximum absolute atomic E-state index is 13.1. The molecule has 2 nitrogen and oxygen atoms in total. The molecule has 0 aromatic heterocycles. The van der Waals surface area contributed by atoms with Crippen LogP contribution in [0.3, 0.4) is 0 Å². The third kappa shape index (κ3) is 2.93. The minimum absolute atomic E-state index is 0.170. The van der Waals surface area contributed by atoms with Crippen molar-refractivity contribution in [1.29, 1.82) is 0 Å². The summed E-state index contributed by atoms with van der Waals surface area (Å²) in [7, 11) is 0. The van der Waals surface area contributed by atoms with E-state index in [0.717, 1.165) is 23.4 Å². The van der Waals surface area contributed by atoms with E-state index >= 15 is 0 Å². The minimum Gasteiger partial charge on any atom is -0.488 e. The maximum atomic E-state index is 13.1. The molecule has 1 unspecified atom stereocenters. The number of halogens is 4. The van der Waals surface area contributed by atoms with Crippen LogP contribution in [0.5, 0.6) is 5.75 Å². The van der Waals surface area contributed by atoms with Crippen molar-refractivity contribution in [3.63, 3.8) is 0 Å². The second kappa shape index (κ2) is 5.48. The van der Waals surface area contributed by atoms with Gasteiger partial charge in [0.05, 0.1) is 6.54 Å².